The third-order valence-electron chi connectivity index (χ3n) is 2.62. The summed E-state index contributed by atoms with van der Waals surface area (Å²) in [7, 11) is 0. The zero-order valence-corrected chi connectivity index (χ0v) is 11.2. The Morgan fingerprint density at radius 1 is 1.53 bits per heavy atom. The van der Waals surface area contributed by atoms with Crippen molar-refractivity contribution in [2.75, 3.05) is 5.32 Å². The first kappa shape index (κ1) is 13.5. The van der Waals surface area contributed by atoms with E-state index >= 15 is 0 Å². The molecule has 0 aliphatic rings. The zero-order chi connectivity index (χ0) is 13.0. The zero-order valence-electron chi connectivity index (χ0n) is 9.57. The van der Waals surface area contributed by atoms with Gasteiger partial charge >= 0.3 is 5.97 Å². The molecule has 2 unspecified atom stereocenters. The minimum absolute atomic E-state index is 0.188. The standard InChI is InChI=1S/C12H13BrN2O2/c1-7(12(16)17)8(2)15-10-4-3-9(6-14)11(13)5-10/h3-5,7-8,15H,1-2H3,(H,16,17). The van der Waals surface area contributed by atoms with Gasteiger partial charge in [0.05, 0.1) is 11.5 Å². The molecule has 0 heterocycles. The van der Waals surface area contributed by atoms with Gasteiger partial charge in [0.25, 0.3) is 0 Å². The molecule has 0 saturated carbocycles. The molecular formula is C12H13BrN2O2. The van der Waals surface area contributed by atoms with E-state index in [4.69, 9.17) is 10.4 Å². The summed E-state index contributed by atoms with van der Waals surface area (Å²) in [6.45, 7) is 3.46. The van der Waals surface area contributed by atoms with E-state index in [2.05, 4.69) is 21.2 Å². The van der Waals surface area contributed by atoms with Gasteiger partial charge < -0.3 is 10.4 Å². The second-order valence-corrected chi connectivity index (χ2v) is 4.72. The quantitative estimate of drug-likeness (QED) is 0.896. The van der Waals surface area contributed by atoms with Crippen molar-refractivity contribution in [2.45, 2.75) is 19.9 Å². The Kier molecular flexibility index (Phi) is 4.53. The van der Waals surface area contributed by atoms with Crippen molar-refractivity contribution in [2.24, 2.45) is 5.92 Å². The van der Waals surface area contributed by atoms with Gasteiger partial charge in [-0.3, -0.25) is 4.79 Å². The van der Waals surface area contributed by atoms with Crippen molar-refractivity contribution in [1.29, 1.82) is 5.26 Å². The largest absolute Gasteiger partial charge is 0.481 e. The maximum Gasteiger partial charge on any atom is 0.308 e. The number of nitrogens with zero attached hydrogens (tertiary/aromatic N) is 1. The first-order valence-corrected chi connectivity index (χ1v) is 5.94. The molecule has 17 heavy (non-hydrogen) atoms. The monoisotopic (exact) mass is 296 g/mol. The predicted octanol–water partition coefficient (Wildman–Crippen LogP) is 2.84. The number of rotatable bonds is 4. The van der Waals surface area contributed by atoms with Crippen LogP contribution >= 0.6 is 15.9 Å². The molecule has 0 aromatic heterocycles. The summed E-state index contributed by atoms with van der Waals surface area (Å²) < 4.78 is 0.695. The van der Waals surface area contributed by atoms with Crippen LogP contribution in [-0.4, -0.2) is 17.1 Å². The lowest BCUT2D eigenvalue weighted by Crippen LogP contribution is -2.29. The number of hydrogen-bond donors (Lipinski definition) is 2. The molecule has 2 atom stereocenters. The average Bonchev–Trinajstić information content (AvgIpc) is 2.28. The lowest BCUT2D eigenvalue weighted by atomic mass is 10.0. The van der Waals surface area contributed by atoms with Gasteiger partial charge in [-0.2, -0.15) is 5.26 Å². The van der Waals surface area contributed by atoms with Gasteiger partial charge in [0.15, 0.2) is 0 Å². The molecule has 0 aliphatic heterocycles. The molecule has 0 amide bonds. The fourth-order valence-electron chi connectivity index (χ4n) is 1.30. The number of anilines is 1. The number of carboxylic acids is 1. The maximum absolute atomic E-state index is 10.8. The first-order valence-electron chi connectivity index (χ1n) is 5.14. The van der Waals surface area contributed by atoms with E-state index in [1.807, 2.05) is 13.0 Å². The maximum atomic E-state index is 10.8. The van der Waals surface area contributed by atoms with Crippen LogP contribution in [-0.2, 0) is 4.79 Å². The Bertz CT molecular complexity index is 468. The molecule has 0 spiro atoms. The van der Waals surface area contributed by atoms with Crippen molar-refractivity contribution in [3.05, 3.63) is 28.2 Å². The number of aliphatic carboxylic acids is 1. The summed E-state index contributed by atoms with van der Waals surface area (Å²) in [5, 5.41) is 20.7. The van der Waals surface area contributed by atoms with Crippen molar-refractivity contribution in [3.8, 4) is 6.07 Å². The molecule has 1 aromatic carbocycles. The van der Waals surface area contributed by atoms with Crippen molar-refractivity contribution in [3.63, 3.8) is 0 Å². The minimum atomic E-state index is -0.835. The van der Waals surface area contributed by atoms with Crippen LogP contribution in [0.4, 0.5) is 5.69 Å². The SMILES string of the molecule is CC(Nc1ccc(C#N)c(Br)c1)C(C)C(=O)O. The average molecular weight is 297 g/mol. The van der Waals surface area contributed by atoms with E-state index in [1.54, 1.807) is 25.1 Å². The number of halogens is 1. The van der Waals surface area contributed by atoms with Crippen molar-refractivity contribution in [1.82, 2.24) is 0 Å². The Balaban J connectivity index is 2.80. The number of benzene rings is 1. The third-order valence-corrected chi connectivity index (χ3v) is 3.28. The van der Waals surface area contributed by atoms with Crippen LogP contribution in [0.15, 0.2) is 22.7 Å². The smallest absolute Gasteiger partial charge is 0.308 e. The lowest BCUT2D eigenvalue weighted by Gasteiger charge is -2.19. The number of nitriles is 1. The van der Waals surface area contributed by atoms with E-state index in [1.165, 1.54) is 0 Å². The number of carboxylic acid groups (broad SMARTS) is 1. The molecule has 0 bridgehead atoms. The summed E-state index contributed by atoms with van der Waals surface area (Å²) in [5.74, 6) is -1.32. The van der Waals surface area contributed by atoms with Crippen LogP contribution in [0.3, 0.4) is 0 Å². The number of nitrogens with one attached hydrogen (secondary N) is 1. The summed E-state index contributed by atoms with van der Waals surface area (Å²) in [6, 6.07) is 7.07. The van der Waals surface area contributed by atoms with Crippen LogP contribution in [0.5, 0.6) is 0 Å². The van der Waals surface area contributed by atoms with Gasteiger partial charge in [-0.05, 0) is 48.0 Å². The van der Waals surface area contributed by atoms with E-state index in [9.17, 15) is 4.79 Å². The predicted molar refractivity (Wildman–Crippen MR) is 68.7 cm³/mol. The molecule has 0 saturated heterocycles. The molecule has 0 fully saturated rings. The summed E-state index contributed by atoms with van der Waals surface area (Å²) in [4.78, 5) is 10.8. The lowest BCUT2D eigenvalue weighted by molar-refractivity contribution is -0.141. The Hall–Kier alpha value is -1.54. The molecule has 0 aliphatic carbocycles. The number of carbonyl (C=O) groups is 1. The summed E-state index contributed by atoms with van der Waals surface area (Å²) in [6.07, 6.45) is 0. The summed E-state index contributed by atoms with van der Waals surface area (Å²) >= 11 is 3.28. The summed E-state index contributed by atoms with van der Waals surface area (Å²) in [5.41, 5.74) is 1.34. The highest BCUT2D eigenvalue weighted by Crippen LogP contribution is 2.22. The van der Waals surface area contributed by atoms with Crippen LogP contribution in [0.25, 0.3) is 0 Å². The second kappa shape index (κ2) is 5.69. The van der Waals surface area contributed by atoms with Gasteiger partial charge in [0.2, 0.25) is 0 Å². The van der Waals surface area contributed by atoms with Crippen LogP contribution in [0.2, 0.25) is 0 Å². The van der Waals surface area contributed by atoms with Crippen LogP contribution in [0.1, 0.15) is 19.4 Å². The molecular weight excluding hydrogens is 284 g/mol. The number of hydrogen-bond acceptors (Lipinski definition) is 3. The van der Waals surface area contributed by atoms with Gasteiger partial charge in [0, 0.05) is 16.2 Å². The van der Waals surface area contributed by atoms with Gasteiger partial charge in [-0.15, -0.1) is 0 Å². The second-order valence-electron chi connectivity index (χ2n) is 3.87. The fraction of sp³-hybridized carbons (Fsp3) is 0.333. The minimum Gasteiger partial charge on any atom is -0.481 e. The first-order chi connectivity index (χ1) is 7.95. The van der Waals surface area contributed by atoms with E-state index in [0.717, 1.165) is 5.69 Å². The van der Waals surface area contributed by atoms with Crippen molar-refractivity contribution >= 4 is 27.6 Å². The van der Waals surface area contributed by atoms with E-state index in [0.29, 0.717) is 10.0 Å². The molecule has 1 aromatic rings. The van der Waals surface area contributed by atoms with Gasteiger partial charge in [0.1, 0.15) is 6.07 Å². The van der Waals surface area contributed by atoms with E-state index < -0.39 is 11.9 Å². The van der Waals surface area contributed by atoms with Gasteiger partial charge in [-0.25, -0.2) is 0 Å². The third kappa shape index (κ3) is 3.46. The highest BCUT2D eigenvalue weighted by atomic mass is 79.9. The molecule has 90 valence electrons. The molecule has 1 rings (SSSR count). The molecule has 4 nitrogen and oxygen atoms in total. The topological polar surface area (TPSA) is 73.1 Å². The Morgan fingerprint density at radius 2 is 2.18 bits per heavy atom. The van der Waals surface area contributed by atoms with Crippen LogP contribution in [0, 0.1) is 17.2 Å². The molecule has 5 heteroatoms. The Labute approximate surface area is 108 Å². The Morgan fingerprint density at radius 3 is 2.65 bits per heavy atom. The molecule has 0 radical (unpaired) electrons. The van der Waals surface area contributed by atoms with Gasteiger partial charge in [-0.1, -0.05) is 0 Å². The fourth-order valence-corrected chi connectivity index (χ4v) is 1.76. The van der Waals surface area contributed by atoms with Crippen molar-refractivity contribution < 1.29 is 9.90 Å². The highest BCUT2D eigenvalue weighted by Gasteiger charge is 2.19. The van der Waals surface area contributed by atoms with Crippen LogP contribution < -0.4 is 5.32 Å². The molecule has 2 N–H and O–H groups in total. The highest BCUT2D eigenvalue weighted by molar-refractivity contribution is 9.10. The normalized spacial score (nSPS) is 13.5. The van der Waals surface area contributed by atoms with E-state index in [-0.39, 0.29) is 6.04 Å².